The van der Waals surface area contributed by atoms with Gasteiger partial charge in [-0.25, -0.2) is 0 Å². The van der Waals surface area contributed by atoms with Crippen LogP contribution in [0.3, 0.4) is 0 Å². The first-order valence-electron chi connectivity index (χ1n) is 8.09. The lowest BCUT2D eigenvalue weighted by molar-refractivity contribution is -0.937. The predicted molar refractivity (Wildman–Crippen MR) is 78.3 cm³/mol. The van der Waals surface area contributed by atoms with E-state index < -0.39 is 0 Å². The number of carbonyl (C=O) groups excluding carboxylic acids is 2. The van der Waals surface area contributed by atoms with Crippen molar-refractivity contribution in [2.24, 2.45) is 0 Å². The highest BCUT2D eigenvalue weighted by molar-refractivity contribution is 6.21. The number of amides is 2. The first-order chi connectivity index (χ1) is 10.3. The molecular weight excluding hydrogens is 264 g/mol. The third-order valence-electron chi connectivity index (χ3n) is 5.41. The predicted octanol–water partition coefficient (Wildman–Crippen LogP) is 0.882. The fourth-order valence-electron chi connectivity index (χ4n) is 4.44. The zero-order chi connectivity index (χ0) is 14.4. The maximum absolute atomic E-state index is 12.7. The highest BCUT2D eigenvalue weighted by atomic mass is 16.2. The summed E-state index contributed by atoms with van der Waals surface area (Å²) in [7, 11) is 0. The van der Waals surface area contributed by atoms with Crippen molar-refractivity contribution < 1.29 is 14.5 Å². The molecule has 1 aromatic carbocycles. The molecule has 110 valence electrons. The maximum atomic E-state index is 12.7. The minimum atomic E-state index is -0.0765. The summed E-state index contributed by atoms with van der Waals surface area (Å²) >= 11 is 0. The molecule has 0 aliphatic carbocycles. The average molecular weight is 285 g/mol. The van der Waals surface area contributed by atoms with Crippen molar-refractivity contribution in [3.8, 4) is 0 Å². The molecule has 2 fully saturated rings. The Bertz CT molecular complexity index is 561. The van der Waals surface area contributed by atoms with E-state index in [-0.39, 0.29) is 17.9 Å². The van der Waals surface area contributed by atoms with Crippen LogP contribution in [0.15, 0.2) is 24.3 Å². The number of rotatable bonds is 1. The van der Waals surface area contributed by atoms with E-state index in [1.807, 2.05) is 12.1 Å². The quantitative estimate of drug-likeness (QED) is 0.778. The van der Waals surface area contributed by atoms with E-state index in [4.69, 9.17) is 0 Å². The summed E-state index contributed by atoms with van der Waals surface area (Å²) in [6.07, 6.45) is 5.74. The molecule has 4 rings (SSSR count). The summed E-state index contributed by atoms with van der Waals surface area (Å²) in [6, 6.07) is 7.79. The van der Waals surface area contributed by atoms with E-state index in [0.29, 0.717) is 17.2 Å². The van der Waals surface area contributed by atoms with Gasteiger partial charge in [0.2, 0.25) is 0 Å². The Hall–Kier alpha value is -1.68. The van der Waals surface area contributed by atoms with Gasteiger partial charge < -0.3 is 4.90 Å². The molecule has 3 heterocycles. The lowest BCUT2D eigenvalue weighted by atomic mass is 9.88. The summed E-state index contributed by atoms with van der Waals surface area (Å²) in [5.41, 5.74) is 1.18. The van der Waals surface area contributed by atoms with Crippen LogP contribution in [0.5, 0.6) is 0 Å². The lowest BCUT2D eigenvalue weighted by Gasteiger charge is -2.43. The van der Waals surface area contributed by atoms with Crippen LogP contribution in [-0.2, 0) is 0 Å². The van der Waals surface area contributed by atoms with Crippen molar-refractivity contribution in [1.82, 2.24) is 4.90 Å². The SMILES string of the molecule is O=C1c2ccccc2C(=O)N1[C@@H]1CCC[NH+]2CCCC[C@@H]12. The smallest absolute Gasteiger partial charge is 0.262 e. The largest absolute Gasteiger partial charge is 0.331 e. The number of nitrogens with one attached hydrogen (secondary N) is 1. The van der Waals surface area contributed by atoms with Gasteiger partial charge in [0, 0.05) is 6.42 Å². The number of quaternary nitrogens is 1. The molecule has 0 spiro atoms. The second kappa shape index (κ2) is 4.95. The zero-order valence-electron chi connectivity index (χ0n) is 12.2. The van der Waals surface area contributed by atoms with Gasteiger partial charge in [-0.1, -0.05) is 12.1 Å². The molecule has 4 nitrogen and oxygen atoms in total. The van der Waals surface area contributed by atoms with Crippen LogP contribution < -0.4 is 4.90 Å². The molecule has 0 saturated carbocycles. The van der Waals surface area contributed by atoms with Gasteiger partial charge in [-0.3, -0.25) is 14.5 Å². The van der Waals surface area contributed by atoms with E-state index in [0.717, 1.165) is 19.3 Å². The Kier molecular flexibility index (Phi) is 3.07. The number of piperidine rings is 2. The molecule has 21 heavy (non-hydrogen) atoms. The Morgan fingerprint density at radius 2 is 1.57 bits per heavy atom. The summed E-state index contributed by atoms with van der Waals surface area (Å²) in [6.45, 7) is 2.40. The molecule has 0 bridgehead atoms. The Morgan fingerprint density at radius 3 is 2.29 bits per heavy atom. The van der Waals surface area contributed by atoms with Crippen molar-refractivity contribution in [3.63, 3.8) is 0 Å². The van der Waals surface area contributed by atoms with E-state index in [1.165, 1.54) is 25.9 Å². The molecule has 1 aromatic rings. The van der Waals surface area contributed by atoms with Crippen LogP contribution in [0.25, 0.3) is 0 Å². The molecule has 3 aliphatic rings. The molecule has 4 heteroatoms. The molecule has 0 radical (unpaired) electrons. The second-order valence-electron chi connectivity index (χ2n) is 6.50. The van der Waals surface area contributed by atoms with Gasteiger partial charge in [0.25, 0.3) is 11.8 Å². The van der Waals surface area contributed by atoms with Crippen LogP contribution in [0.4, 0.5) is 0 Å². The standard InChI is InChI=1S/C17H20N2O2/c20-16-12-6-1-2-7-13(12)17(21)19(16)15-9-5-11-18-10-4-3-8-14(15)18/h1-2,6-7,14-15H,3-5,8-11H2/p+1/t14-,15+/m0/s1. The average Bonchev–Trinajstić information content (AvgIpc) is 2.79. The van der Waals surface area contributed by atoms with Gasteiger partial charge in [-0.15, -0.1) is 0 Å². The molecule has 3 atom stereocenters. The Balaban J connectivity index is 1.67. The minimum Gasteiger partial charge on any atom is -0.331 e. The van der Waals surface area contributed by atoms with Crippen molar-refractivity contribution in [2.45, 2.75) is 44.2 Å². The third kappa shape index (κ3) is 1.93. The van der Waals surface area contributed by atoms with Crippen LogP contribution in [0, 0.1) is 0 Å². The third-order valence-corrected chi connectivity index (χ3v) is 5.41. The number of hydrogen-bond acceptors (Lipinski definition) is 2. The number of carbonyl (C=O) groups is 2. The first-order valence-corrected chi connectivity index (χ1v) is 8.09. The maximum Gasteiger partial charge on any atom is 0.262 e. The molecule has 3 aliphatic heterocycles. The normalized spacial score (nSPS) is 32.0. The Labute approximate surface area is 124 Å². The van der Waals surface area contributed by atoms with E-state index in [1.54, 1.807) is 21.9 Å². The fourth-order valence-corrected chi connectivity index (χ4v) is 4.44. The van der Waals surface area contributed by atoms with Gasteiger partial charge >= 0.3 is 0 Å². The number of fused-ring (bicyclic) bond motifs is 2. The zero-order valence-corrected chi connectivity index (χ0v) is 12.2. The number of benzene rings is 1. The van der Waals surface area contributed by atoms with Crippen LogP contribution in [-0.4, -0.2) is 41.9 Å². The van der Waals surface area contributed by atoms with Crippen molar-refractivity contribution in [3.05, 3.63) is 35.4 Å². The minimum absolute atomic E-state index is 0.0765. The molecule has 0 aromatic heterocycles. The van der Waals surface area contributed by atoms with Crippen molar-refractivity contribution >= 4 is 11.8 Å². The molecule has 1 unspecified atom stereocenters. The highest BCUT2D eigenvalue weighted by Gasteiger charge is 2.47. The molecule has 2 saturated heterocycles. The van der Waals surface area contributed by atoms with Gasteiger partial charge in [-0.05, 0) is 37.8 Å². The topological polar surface area (TPSA) is 41.8 Å². The van der Waals surface area contributed by atoms with Gasteiger partial charge in [0.15, 0.2) is 0 Å². The van der Waals surface area contributed by atoms with E-state index in [2.05, 4.69) is 0 Å². The number of hydrogen-bond donors (Lipinski definition) is 1. The number of imide groups is 1. The van der Waals surface area contributed by atoms with Gasteiger partial charge in [0.05, 0.1) is 30.3 Å². The summed E-state index contributed by atoms with van der Waals surface area (Å²) in [5.74, 6) is -0.153. The lowest BCUT2D eigenvalue weighted by Crippen LogP contribution is -3.19. The van der Waals surface area contributed by atoms with E-state index >= 15 is 0 Å². The Morgan fingerprint density at radius 1 is 0.905 bits per heavy atom. The summed E-state index contributed by atoms with van der Waals surface area (Å²) in [5, 5.41) is 0. The molecule has 2 amide bonds. The van der Waals surface area contributed by atoms with E-state index in [9.17, 15) is 9.59 Å². The highest BCUT2D eigenvalue weighted by Crippen LogP contribution is 2.29. The van der Waals surface area contributed by atoms with Crippen molar-refractivity contribution in [1.29, 1.82) is 0 Å². The van der Waals surface area contributed by atoms with Crippen molar-refractivity contribution in [2.75, 3.05) is 13.1 Å². The monoisotopic (exact) mass is 285 g/mol. The van der Waals surface area contributed by atoms with Gasteiger partial charge in [0.1, 0.15) is 6.04 Å². The summed E-state index contributed by atoms with van der Waals surface area (Å²) in [4.78, 5) is 28.5. The summed E-state index contributed by atoms with van der Waals surface area (Å²) < 4.78 is 0. The fraction of sp³-hybridized carbons (Fsp3) is 0.529. The first kappa shape index (κ1) is 13.0. The van der Waals surface area contributed by atoms with Crippen LogP contribution in [0.2, 0.25) is 0 Å². The number of nitrogens with zero attached hydrogens (tertiary/aromatic N) is 1. The second-order valence-corrected chi connectivity index (χ2v) is 6.50. The van der Waals surface area contributed by atoms with Gasteiger partial charge in [-0.2, -0.15) is 0 Å². The molecular formula is C17H21N2O2+. The van der Waals surface area contributed by atoms with Crippen LogP contribution >= 0.6 is 0 Å². The molecule has 1 N–H and O–H groups in total. The van der Waals surface area contributed by atoms with Crippen LogP contribution in [0.1, 0.15) is 52.8 Å².